The molecule has 3 aromatic rings. The summed E-state index contributed by atoms with van der Waals surface area (Å²) in [7, 11) is 0. The number of hydrogen-bond acceptors (Lipinski definition) is 3. The van der Waals surface area contributed by atoms with Crippen LogP contribution in [0.5, 0.6) is 0 Å². The molecule has 0 saturated carbocycles. The van der Waals surface area contributed by atoms with Gasteiger partial charge in [0.25, 0.3) is 0 Å². The van der Waals surface area contributed by atoms with Gasteiger partial charge in [-0.2, -0.15) is 0 Å². The van der Waals surface area contributed by atoms with Crippen LogP contribution in [0, 0.1) is 0 Å². The van der Waals surface area contributed by atoms with Gasteiger partial charge in [0.2, 0.25) is 0 Å². The van der Waals surface area contributed by atoms with Gasteiger partial charge >= 0.3 is 0 Å². The summed E-state index contributed by atoms with van der Waals surface area (Å²) in [6, 6.07) is 13.2. The van der Waals surface area contributed by atoms with Gasteiger partial charge in [0, 0.05) is 31.8 Å². The van der Waals surface area contributed by atoms with Crippen LogP contribution >= 0.6 is 57.9 Å². The number of benzene rings is 2. The highest BCUT2D eigenvalue weighted by atomic mass is 35.5. The average Bonchev–Trinajstić information content (AvgIpc) is 2.96. The maximum Gasteiger partial charge on any atom is 0.150 e. The molecule has 0 radical (unpaired) electrons. The maximum atomic E-state index is 6.18. The van der Waals surface area contributed by atoms with E-state index in [1.54, 1.807) is 23.1 Å². The van der Waals surface area contributed by atoms with E-state index < -0.39 is 0 Å². The van der Waals surface area contributed by atoms with Crippen LogP contribution in [0.3, 0.4) is 0 Å². The van der Waals surface area contributed by atoms with Crippen LogP contribution in [-0.4, -0.2) is 4.98 Å². The molecule has 0 aliphatic carbocycles. The normalized spacial score (nSPS) is 10.9. The molecule has 0 aliphatic rings. The zero-order chi connectivity index (χ0) is 15.5. The third-order valence-corrected chi connectivity index (χ3v) is 6.03. The first-order valence-electron chi connectivity index (χ1n) is 6.40. The number of nitrogens with zero attached hydrogens (tertiary/aromatic N) is 1. The van der Waals surface area contributed by atoms with Crippen molar-refractivity contribution < 1.29 is 0 Å². The molecule has 3 rings (SSSR count). The number of rotatable bonds is 4. The van der Waals surface area contributed by atoms with Crippen molar-refractivity contribution >= 4 is 57.9 Å². The Bertz CT molecular complexity index is 764. The van der Waals surface area contributed by atoms with E-state index in [4.69, 9.17) is 34.8 Å². The minimum absolute atomic E-state index is 0.689. The van der Waals surface area contributed by atoms with Gasteiger partial charge in [-0.05, 0) is 29.8 Å². The first kappa shape index (κ1) is 16.2. The van der Waals surface area contributed by atoms with Crippen molar-refractivity contribution in [3.63, 3.8) is 0 Å². The lowest BCUT2D eigenvalue weighted by Gasteiger charge is -2.04. The van der Waals surface area contributed by atoms with Crippen LogP contribution in [-0.2, 0) is 5.75 Å². The Morgan fingerprint density at radius 3 is 2.32 bits per heavy atom. The molecule has 0 saturated heterocycles. The van der Waals surface area contributed by atoms with Gasteiger partial charge in [-0.15, -0.1) is 11.3 Å². The summed E-state index contributed by atoms with van der Waals surface area (Å²) >= 11 is 21.5. The lowest BCUT2D eigenvalue weighted by molar-refractivity contribution is 1.24. The summed E-state index contributed by atoms with van der Waals surface area (Å²) in [6.07, 6.45) is 0. The minimum Gasteiger partial charge on any atom is -0.230 e. The number of hydrogen-bond donors (Lipinski definition) is 0. The quantitative estimate of drug-likeness (QED) is 0.445. The van der Waals surface area contributed by atoms with Crippen molar-refractivity contribution in [2.45, 2.75) is 10.1 Å². The molecule has 0 bridgehead atoms. The van der Waals surface area contributed by atoms with Gasteiger partial charge in [-0.1, -0.05) is 64.8 Å². The molecule has 112 valence electrons. The molecule has 0 amide bonds. The molecule has 0 aliphatic heterocycles. The Morgan fingerprint density at radius 2 is 1.64 bits per heavy atom. The molecule has 1 aromatic heterocycles. The SMILES string of the molecule is Clc1ccc(-c2csc(SCc3c(Cl)cccc3Cl)n2)cc1. The molecule has 0 fully saturated rings. The van der Waals surface area contributed by atoms with E-state index in [9.17, 15) is 0 Å². The van der Waals surface area contributed by atoms with Crippen LogP contribution in [0.1, 0.15) is 5.56 Å². The Kier molecular flexibility index (Phi) is 5.32. The fourth-order valence-electron chi connectivity index (χ4n) is 1.88. The molecule has 1 heterocycles. The molecule has 0 unspecified atom stereocenters. The van der Waals surface area contributed by atoms with Crippen LogP contribution in [0.25, 0.3) is 11.3 Å². The second kappa shape index (κ2) is 7.24. The summed E-state index contributed by atoms with van der Waals surface area (Å²) in [5.74, 6) is 0.700. The van der Waals surface area contributed by atoms with Gasteiger partial charge in [0.05, 0.1) is 5.69 Å². The minimum atomic E-state index is 0.689. The molecule has 0 atom stereocenters. The molecule has 22 heavy (non-hydrogen) atoms. The Balaban J connectivity index is 1.73. The third kappa shape index (κ3) is 3.79. The number of thiazole rings is 1. The molecule has 2 aromatic carbocycles. The largest absolute Gasteiger partial charge is 0.230 e. The summed E-state index contributed by atoms with van der Waals surface area (Å²) < 4.78 is 0.987. The maximum absolute atomic E-state index is 6.18. The summed E-state index contributed by atoms with van der Waals surface area (Å²) in [5.41, 5.74) is 2.96. The van der Waals surface area contributed by atoms with Gasteiger partial charge < -0.3 is 0 Å². The van der Waals surface area contributed by atoms with E-state index >= 15 is 0 Å². The fraction of sp³-hybridized carbons (Fsp3) is 0.0625. The zero-order valence-corrected chi connectivity index (χ0v) is 15.1. The van der Waals surface area contributed by atoms with E-state index in [1.165, 1.54) is 0 Å². The summed E-state index contributed by atoms with van der Waals surface area (Å²) in [4.78, 5) is 4.64. The summed E-state index contributed by atoms with van der Waals surface area (Å²) in [5, 5.41) is 4.14. The standard InChI is InChI=1S/C16H10Cl3NS2/c17-11-6-4-10(5-7-11)15-9-22-16(20-15)21-8-12-13(18)2-1-3-14(12)19/h1-7,9H,8H2. The molecular weight excluding hydrogens is 377 g/mol. The van der Waals surface area contributed by atoms with Crippen LogP contribution in [0.2, 0.25) is 15.1 Å². The smallest absolute Gasteiger partial charge is 0.150 e. The number of aromatic nitrogens is 1. The van der Waals surface area contributed by atoms with Crippen LogP contribution in [0.15, 0.2) is 52.2 Å². The fourth-order valence-corrected chi connectivity index (χ4v) is 4.58. The van der Waals surface area contributed by atoms with Crippen LogP contribution in [0.4, 0.5) is 0 Å². The van der Waals surface area contributed by atoms with E-state index in [0.29, 0.717) is 15.8 Å². The number of thioether (sulfide) groups is 1. The van der Waals surface area contributed by atoms with Crippen molar-refractivity contribution in [3.05, 3.63) is 68.5 Å². The highest BCUT2D eigenvalue weighted by Crippen LogP contribution is 2.34. The Labute approximate surface area is 152 Å². The van der Waals surface area contributed by atoms with Crippen molar-refractivity contribution in [2.24, 2.45) is 0 Å². The second-order valence-corrected chi connectivity index (χ2v) is 7.83. The molecule has 1 nitrogen and oxygen atoms in total. The predicted octanol–water partition coefficient (Wildman–Crippen LogP) is 7.06. The van der Waals surface area contributed by atoms with E-state index in [0.717, 1.165) is 26.2 Å². The van der Waals surface area contributed by atoms with E-state index in [1.807, 2.05) is 47.8 Å². The zero-order valence-electron chi connectivity index (χ0n) is 11.2. The van der Waals surface area contributed by atoms with Gasteiger partial charge in [0.1, 0.15) is 0 Å². The van der Waals surface area contributed by atoms with Gasteiger partial charge in [-0.25, -0.2) is 4.98 Å². The van der Waals surface area contributed by atoms with Crippen molar-refractivity contribution in [2.75, 3.05) is 0 Å². The van der Waals surface area contributed by atoms with E-state index in [-0.39, 0.29) is 0 Å². The molecule has 0 spiro atoms. The summed E-state index contributed by atoms with van der Waals surface area (Å²) in [6.45, 7) is 0. The Morgan fingerprint density at radius 1 is 0.955 bits per heavy atom. The van der Waals surface area contributed by atoms with E-state index in [2.05, 4.69) is 4.98 Å². The monoisotopic (exact) mass is 385 g/mol. The molecule has 6 heteroatoms. The van der Waals surface area contributed by atoms with Gasteiger partial charge in [0.15, 0.2) is 4.34 Å². The lowest BCUT2D eigenvalue weighted by Crippen LogP contribution is -1.84. The third-order valence-electron chi connectivity index (χ3n) is 3.02. The Hall–Kier alpha value is -0.710. The highest BCUT2D eigenvalue weighted by Gasteiger charge is 2.09. The molecule has 0 N–H and O–H groups in total. The van der Waals surface area contributed by atoms with Crippen molar-refractivity contribution in [3.8, 4) is 11.3 Å². The topological polar surface area (TPSA) is 12.9 Å². The first-order valence-corrected chi connectivity index (χ1v) is 9.40. The highest BCUT2D eigenvalue weighted by molar-refractivity contribution is 8.00. The van der Waals surface area contributed by atoms with Gasteiger partial charge in [-0.3, -0.25) is 0 Å². The average molecular weight is 387 g/mol. The second-order valence-electron chi connectivity index (χ2n) is 4.49. The van der Waals surface area contributed by atoms with Crippen molar-refractivity contribution in [1.29, 1.82) is 0 Å². The first-order chi connectivity index (χ1) is 10.6. The number of halogens is 3. The predicted molar refractivity (Wildman–Crippen MR) is 98.6 cm³/mol. The van der Waals surface area contributed by atoms with Crippen molar-refractivity contribution in [1.82, 2.24) is 4.98 Å². The molecular formula is C16H10Cl3NS2. The van der Waals surface area contributed by atoms with Crippen LogP contribution < -0.4 is 0 Å². The lowest BCUT2D eigenvalue weighted by atomic mass is 10.2.